The maximum atomic E-state index is 11.8. The van der Waals surface area contributed by atoms with Gasteiger partial charge in [-0.1, -0.05) is 17.7 Å². The molecule has 1 aliphatic rings. The van der Waals surface area contributed by atoms with Crippen molar-refractivity contribution in [2.24, 2.45) is 0 Å². The second-order valence-corrected chi connectivity index (χ2v) is 4.78. The summed E-state index contributed by atoms with van der Waals surface area (Å²) < 4.78 is 4.91. The second-order valence-electron chi connectivity index (χ2n) is 4.39. The fourth-order valence-electron chi connectivity index (χ4n) is 2.06. The first-order valence-electron chi connectivity index (χ1n) is 6.56. The van der Waals surface area contributed by atoms with Crippen molar-refractivity contribution < 1.29 is 9.53 Å². The van der Waals surface area contributed by atoms with Crippen LogP contribution in [0.3, 0.4) is 0 Å². The number of ether oxygens (including phenoxy) is 1. The van der Waals surface area contributed by atoms with Crippen molar-refractivity contribution in [2.45, 2.75) is 13.5 Å². The smallest absolute Gasteiger partial charge is 0.352 e. The van der Waals surface area contributed by atoms with Gasteiger partial charge < -0.3 is 15.0 Å². The summed E-state index contributed by atoms with van der Waals surface area (Å²) in [6.45, 7) is 3.84. The fraction of sp³-hybridized carbons (Fsp3) is 0.357. The van der Waals surface area contributed by atoms with Gasteiger partial charge in [-0.25, -0.2) is 9.78 Å². The summed E-state index contributed by atoms with van der Waals surface area (Å²) in [5.41, 5.74) is 0.943. The first kappa shape index (κ1) is 15.1. The van der Waals surface area contributed by atoms with Crippen molar-refractivity contribution in [3.05, 3.63) is 40.4 Å². The maximum Gasteiger partial charge on any atom is 0.352 e. The summed E-state index contributed by atoms with van der Waals surface area (Å²) in [4.78, 5) is 17.7. The number of nitrogens with zero attached hydrogens (tertiary/aromatic N) is 3. The molecule has 0 aromatic carbocycles. The highest BCUT2D eigenvalue weighted by Crippen LogP contribution is 2.17. The van der Waals surface area contributed by atoms with Crippen LogP contribution in [-0.4, -0.2) is 35.5 Å². The highest BCUT2D eigenvalue weighted by atomic mass is 35.5. The first-order chi connectivity index (χ1) is 10.2. The molecule has 0 radical (unpaired) electrons. The van der Waals surface area contributed by atoms with Gasteiger partial charge in [0.2, 0.25) is 0 Å². The Hall–Kier alpha value is -2.26. The molecule has 6 nitrogen and oxygen atoms in total. The summed E-state index contributed by atoms with van der Waals surface area (Å²) >= 11 is 5.76. The lowest BCUT2D eigenvalue weighted by molar-refractivity contribution is -0.138. The number of pyridine rings is 1. The van der Waals surface area contributed by atoms with E-state index >= 15 is 0 Å². The fourth-order valence-corrected chi connectivity index (χ4v) is 2.17. The molecule has 0 amide bonds. The van der Waals surface area contributed by atoms with Crippen molar-refractivity contribution in [3.8, 4) is 6.07 Å². The van der Waals surface area contributed by atoms with E-state index < -0.39 is 5.97 Å². The Morgan fingerprint density at radius 2 is 2.43 bits per heavy atom. The minimum absolute atomic E-state index is 0.00345. The number of hydrogen-bond donors (Lipinski definition) is 1. The molecule has 1 saturated heterocycles. The van der Waals surface area contributed by atoms with E-state index in [1.165, 1.54) is 0 Å². The van der Waals surface area contributed by atoms with Gasteiger partial charge in [0.05, 0.1) is 6.61 Å². The average Bonchev–Trinajstić information content (AvgIpc) is 2.91. The molecule has 0 aliphatic carbocycles. The van der Waals surface area contributed by atoms with Crippen LogP contribution in [0.2, 0.25) is 5.15 Å². The molecule has 0 atom stereocenters. The van der Waals surface area contributed by atoms with Crippen LogP contribution < -0.4 is 5.32 Å². The average molecular weight is 307 g/mol. The number of hydrogen-bond acceptors (Lipinski definition) is 6. The summed E-state index contributed by atoms with van der Waals surface area (Å²) in [6.07, 6.45) is 1.68. The van der Waals surface area contributed by atoms with E-state index in [1.54, 1.807) is 19.2 Å². The number of nitriles is 1. The van der Waals surface area contributed by atoms with Crippen molar-refractivity contribution in [1.82, 2.24) is 15.2 Å². The molecule has 0 saturated carbocycles. The minimum atomic E-state index is -0.608. The van der Waals surface area contributed by atoms with E-state index in [-0.39, 0.29) is 12.2 Å². The number of aromatic nitrogens is 1. The first-order valence-corrected chi connectivity index (χ1v) is 6.94. The summed E-state index contributed by atoms with van der Waals surface area (Å²) in [6, 6.07) is 5.49. The third kappa shape index (κ3) is 3.64. The van der Waals surface area contributed by atoms with E-state index in [4.69, 9.17) is 16.3 Å². The molecule has 1 fully saturated rings. The Kier molecular flexibility index (Phi) is 5.01. The van der Waals surface area contributed by atoms with Crippen LogP contribution in [0.1, 0.15) is 12.5 Å². The van der Waals surface area contributed by atoms with Gasteiger partial charge in [-0.05, 0) is 18.6 Å². The summed E-state index contributed by atoms with van der Waals surface area (Å²) in [5.74, 6) is -0.102. The molecule has 0 bridgehead atoms. The van der Waals surface area contributed by atoms with Gasteiger partial charge in [0, 0.05) is 25.8 Å². The number of carbonyl (C=O) groups excluding carboxylic acids is 1. The zero-order valence-corrected chi connectivity index (χ0v) is 12.4. The van der Waals surface area contributed by atoms with Crippen LogP contribution in [0.4, 0.5) is 0 Å². The molecule has 2 heterocycles. The van der Waals surface area contributed by atoms with Gasteiger partial charge in [0.15, 0.2) is 5.57 Å². The van der Waals surface area contributed by atoms with Crippen LogP contribution in [0, 0.1) is 11.3 Å². The standard InChI is InChI=1S/C14H15ClN4O2/c1-2-21-14(20)11(7-16)13-17-5-6-19(13)9-10-3-4-12(15)18-8-10/h3-4,8,17H,2,5-6,9H2,1H3. The van der Waals surface area contributed by atoms with Crippen molar-refractivity contribution in [2.75, 3.05) is 19.7 Å². The van der Waals surface area contributed by atoms with Crippen molar-refractivity contribution in [3.63, 3.8) is 0 Å². The second kappa shape index (κ2) is 6.95. The topological polar surface area (TPSA) is 78.2 Å². The SMILES string of the molecule is CCOC(=O)C(C#N)=C1NCCN1Cc1ccc(Cl)nc1. The quantitative estimate of drug-likeness (QED) is 0.392. The number of rotatable bonds is 4. The van der Waals surface area contributed by atoms with Crippen molar-refractivity contribution in [1.29, 1.82) is 5.26 Å². The van der Waals surface area contributed by atoms with Gasteiger partial charge in [-0.3, -0.25) is 0 Å². The lowest BCUT2D eigenvalue weighted by Crippen LogP contribution is -2.24. The summed E-state index contributed by atoms with van der Waals surface area (Å²) in [5, 5.41) is 12.7. The third-order valence-electron chi connectivity index (χ3n) is 2.98. The largest absolute Gasteiger partial charge is 0.462 e. The number of halogens is 1. The maximum absolute atomic E-state index is 11.8. The van der Waals surface area contributed by atoms with Crippen LogP contribution in [0.5, 0.6) is 0 Å². The molecule has 1 N–H and O–H groups in total. The van der Waals surface area contributed by atoms with Crippen LogP contribution in [0.25, 0.3) is 0 Å². The number of esters is 1. The molecule has 110 valence electrons. The molecule has 0 unspecified atom stereocenters. The molecular formula is C14H15ClN4O2. The highest BCUT2D eigenvalue weighted by molar-refractivity contribution is 6.29. The van der Waals surface area contributed by atoms with Gasteiger partial charge in [0.1, 0.15) is 17.0 Å². The van der Waals surface area contributed by atoms with E-state index in [1.807, 2.05) is 17.0 Å². The Bertz CT molecular complexity index is 592. The lowest BCUT2D eigenvalue weighted by atomic mass is 10.2. The molecule has 0 spiro atoms. The van der Waals surface area contributed by atoms with E-state index in [0.717, 1.165) is 5.56 Å². The van der Waals surface area contributed by atoms with E-state index in [0.29, 0.717) is 30.6 Å². The third-order valence-corrected chi connectivity index (χ3v) is 3.20. The minimum Gasteiger partial charge on any atom is -0.462 e. The van der Waals surface area contributed by atoms with Crippen LogP contribution >= 0.6 is 11.6 Å². The molecular weight excluding hydrogens is 292 g/mol. The highest BCUT2D eigenvalue weighted by Gasteiger charge is 2.25. The lowest BCUT2D eigenvalue weighted by Gasteiger charge is -2.19. The molecule has 1 aromatic rings. The van der Waals surface area contributed by atoms with Gasteiger partial charge >= 0.3 is 5.97 Å². The van der Waals surface area contributed by atoms with Crippen LogP contribution in [0.15, 0.2) is 29.7 Å². The normalized spacial score (nSPS) is 16.1. The molecule has 1 aliphatic heterocycles. The van der Waals surface area contributed by atoms with E-state index in [2.05, 4.69) is 10.3 Å². The molecule has 7 heteroatoms. The van der Waals surface area contributed by atoms with Crippen molar-refractivity contribution >= 4 is 17.6 Å². The van der Waals surface area contributed by atoms with Gasteiger partial charge in [-0.15, -0.1) is 0 Å². The Morgan fingerprint density at radius 3 is 3.05 bits per heavy atom. The zero-order chi connectivity index (χ0) is 15.2. The molecule has 21 heavy (non-hydrogen) atoms. The zero-order valence-electron chi connectivity index (χ0n) is 11.6. The monoisotopic (exact) mass is 306 g/mol. The van der Waals surface area contributed by atoms with Gasteiger partial charge in [0.25, 0.3) is 0 Å². The number of nitrogens with one attached hydrogen (secondary N) is 1. The Labute approximate surface area is 128 Å². The molecule has 1 aromatic heterocycles. The van der Waals surface area contributed by atoms with Gasteiger partial charge in [-0.2, -0.15) is 5.26 Å². The van der Waals surface area contributed by atoms with E-state index in [9.17, 15) is 10.1 Å². The molecule has 2 rings (SSSR count). The van der Waals surface area contributed by atoms with Crippen LogP contribution in [-0.2, 0) is 16.1 Å². The predicted octanol–water partition coefficient (Wildman–Crippen LogP) is 1.44. The Balaban J connectivity index is 2.21. The predicted molar refractivity (Wildman–Crippen MR) is 76.9 cm³/mol. The Morgan fingerprint density at radius 1 is 1.62 bits per heavy atom. The number of carbonyl (C=O) groups is 1. The summed E-state index contributed by atoms with van der Waals surface area (Å²) in [7, 11) is 0.